The van der Waals surface area contributed by atoms with Crippen LogP contribution in [0.3, 0.4) is 0 Å². The number of nitrogens with zero attached hydrogens (tertiary/aromatic N) is 2. The molecule has 2 aromatic rings. The summed E-state index contributed by atoms with van der Waals surface area (Å²) in [4.78, 5) is 15.1. The van der Waals surface area contributed by atoms with E-state index in [9.17, 15) is 13.6 Å². The zero-order valence-electron chi connectivity index (χ0n) is 12.2. The Morgan fingerprint density at radius 3 is 2.96 bits per heavy atom. The summed E-state index contributed by atoms with van der Waals surface area (Å²) in [5.41, 5.74) is 1.23. The first kappa shape index (κ1) is 16.3. The van der Waals surface area contributed by atoms with E-state index in [1.54, 1.807) is 19.3 Å². The van der Waals surface area contributed by atoms with Gasteiger partial charge in [0.2, 0.25) is 0 Å². The topological polar surface area (TPSA) is 55.1 Å². The van der Waals surface area contributed by atoms with E-state index in [1.807, 2.05) is 4.57 Å². The lowest BCUT2D eigenvalue weighted by Gasteiger charge is -2.14. The minimum atomic E-state index is -0.883. The smallest absolute Gasteiger partial charge is 0.317 e. The molecule has 1 aliphatic carbocycles. The van der Waals surface area contributed by atoms with Crippen LogP contribution < -0.4 is 0 Å². The third-order valence-electron chi connectivity index (χ3n) is 3.79. The molecule has 1 aromatic heterocycles. The molecule has 0 aliphatic heterocycles. The predicted octanol–water partition coefficient (Wildman–Crippen LogP) is 3.71. The first-order chi connectivity index (χ1) is 11.0. The molecule has 0 radical (unpaired) electrons. The van der Waals surface area contributed by atoms with Crippen molar-refractivity contribution >= 4 is 27.6 Å². The van der Waals surface area contributed by atoms with Crippen molar-refractivity contribution in [3.05, 3.63) is 47.3 Å². The number of fused-ring (bicyclic) bond motifs is 1. The third kappa shape index (κ3) is 3.37. The average Bonchev–Trinajstić information content (AvgIpc) is 3.10. The molecule has 0 saturated heterocycles. The van der Waals surface area contributed by atoms with E-state index in [0.717, 1.165) is 6.07 Å². The van der Waals surface area contributed by atoms with Crippen LogP contribution >= 0.6 is 21.6 Å². The fourth-order valence-corrected chi connectivity index (χ4v) is 4.66. The van der Waals surface area contributed by atoms with Crippen molar-refractivity contribution < 1.29 is 18.7 Å². The molecular weight excluding hydrogens is 342 g/mol. The van der Waals surface area contributed by atoms with Crippen molar-refractivity contribution in [2.24, 2.45) is 0 Å². The SMILES string of the molecule is CC(SSc1nccn1C1Cc2cc(F)cc(F)c2C1)C(=O)O. The molecule has 2 atom stereocenters. The third-order valence-corrected chi connectivity index (χ3v) is 6.44. The average molecular weight is 356 g/mol. The number of imidazole rings is 1. The van der Waals surface area contributed by atoms with Crippen molar-refractivity contribution in [2.75, 3.05) is 0 Å². The Labute approximate surface area is 139 Å². The molecule has 1 heterocycles. The van der Waals surface area contributed by atoms with Gasteiger partial charge in [0.1, 0.15) is 16.9 Å². The summed E-state index contributed by atoms with van der Waals surface area (Å²) >= 11 is 0. The van der Waals surface area contributed by atoms with Gasteiger partial charge in [-0.2, -0.15) is 0 Å². The number of aliphatic carboxylic acids is 1. The van der Waals surface area contributed by atoms with E-state index in [1.165, 1.54) is 27.7 Å². The van der Waals surface area contributed by atoms with Gasteiger partial charge < -0.3 is 9.67 Å². The van der Waals surface area contributed by atoms with Gasteiger partial charge in [-0.25, -0.2) is 13.8 Å². The van der Waals surface area contributed by atoms with Crippen LogP contribution in [-0.2, 0) is 17.6 Å². The molecule has 8 heteroatoms. The number of carboxylic acids is 1. The maximum Gasteiger partial charge on any atom is 0.317 e. The number of carboxylic acid groups (broad SMARTS) is 1. The maximum atomic E-state index is 13.9. The van der Waals surface area contributed by atoms with Crippen LogP contribution in [0.2, 0.25) is 0 Å². The molecule has 3 rings (SSSR count). The Morgan fingerprint density at radius 2 is 2.22 bits per heavy atom. The van der Waals surface area contributed by atoms with Crippen molar-refractivity contribution in [1.82, 2.24) is 9.55 Å². The summed E-state index contributed by atoms with van der Waals surface area (Å²) in [5, 5.41) is 9.04. The van der Waals surface area contributed by atoms with Crippen LogP contribution in [0, 0.1) is 11.6 Å². The van der Waals surface area contributed by atoms with Crippen LogP contribution in [0.4, 0.5) is 8.78 Å². The van der Waals surface area contributed by atoms with Crippen LogP contribution in [0.15, 0.2) is 29.7 Å². The van der Waals surface area contributed by atoms with Crippen molar-refractivity contribution in [3.8, 4) is 0 Å². The summed E-state index contributed by atoms with van der Waals surface area (Å²) in [5.74, 6) is -1.95. The van der Waals surface area contributed by atoms with E-state index >= 15 is 0 Å². The quantitative estimate of drug-likeness (QED) is 0.828. The van der Waals surface area contributed by atoms with Gasteiger partial charge in [-0.05, 0) is 47.8 Å². The van der Waals surface area contributed by atoms with Crippen molar-refractivity contribution in [2.45, 2.75) is 36.2 Å². The Kier molecular flexibility index (Phi) is 4.63. The lowest BCUT2D eigenvalue weighted by Crippen LogP contribution is -2.11. The zero-order chi connectivity index (χ0) is 16.6. The van der Waals surface area contributed by atoms with E-state index in [4.69, 9.17) is 5.11 Å². The van der Waals surface area contributed by atoms with E-state index < -0.39 is 22.9 Å². The number of hydrogen-bond acceptors (Lipinski definition) is 4. The fraction of sp³-hybridized carbons (Fsp3) is 0.333. The summed E-state index contributed by atoms with van der Waals surface area (Å²) in [6.07, 6.45) is 4.44. The Morgan fingerprint density at radius 1 is 1.43 bits per heavy atom. The molecule has 0 saturated carbocycles. The molecule has 0 fully saturated rings. The number of aromatic nitrogens is 2. The summed E-state index contributed by atoms with van der Waals surface area (Å²) in [6, 6.07) is 2.26. The second-order valence-electron chi connectivity index (χ2n) is 5.36. The van der Waals surface area contributed by atoms with Gasteiger partial charge in [0.15, 0.2) is 5.16 Å². The summed E-state index contributed by atoms with van der Waals surface area (Å²) in [6.45, 7) is 1.61. The predicted molar refractivity (Wildman–Crippen MR) is 85.6 cm³/mol. The molecule has 0 amide bonds. The molecule has 1 aromatic carbocycles. The monoisotopic (exact) mass is 356 g/mol. The van der Waals surface area contributed by atoms with Gasteiger partial charge in [0.05, 0.1) is 0 Å². The molecule has 23 heavy (non-hydrogen) atoms. The molecular formula is C15H14F2N2O2S2. The van der Waals surface area contributed by atoms with Crippen molar-refractivity contribution in [1.29, 1.82) is 0 Å². The second-order valence-corrected chi connectivity index (χ2v) is 7.87. The molecule has 2 unspecified atom stereocenters. The lowest BCUT2D eigenvalue weighted by atomic mass is 10.1. The molecule has 1 N–H and O–H groups in total. The van der Waals surface area contributed by atoms with E-state index in [2.05, 4.69) is 4.98 Å². The number of carbonyl (C=O) groups is 1. The Balaban J connectivity index is 1.76. The molecule has 0 bridgehead atoms. The minimum Gasteiger partial charge on any atom is -0.480 e. The minimum absolute atomic E-state index is 0.0352. The molecule has 122 valence electrons. The highest BCUT2D eigenvalue weighted by Crippen LogP contribution is 2.38. The normalized spacial score (nSPS) is 18.0. The largest absolute Gasteiger partial charge is 0.480 e. The summed E-state index contributed by atoms with van der Waals surface area (Å²) in [7, 11) is 2.49. The van der Waals surface area contributed by atoms with Crippen LogP contribution in [-0.4, -0.2) is 25.9 Å². The highest BCUT2D eigenvalue weighted by Gasteiger charge is 2.28. The highest BCUT2D eigenvalue weighted by molar-refractivity contribution is 8.77. The zero-order valence-corrected chi connectivity index (χ0v) is 13.8. The molecule has 4 nitrogen and oxygen atoms in total. The second kappa shape index (κ2) is 6.52. The fourth-order valence-electron chi connectivity index (χ4n) is 2.62. The maximum absolute atomic E-state index is 13.9. The molecule has 0 spiro atoms. The summed E-state index contributed by atoms with van der Waals surface area (Å²) < 4.78 is 29.1. The lowest BCUT2D eigenvalue weighted by molar-refractivity contribution is -0.136. The number of rotatable bonds is 5. The van der Waals surface area contributed by atoms with Crippen LogP contribution in [0.5, 0.6) is 0 Å². The standard InChI is InChI=1S/C15H14F2N2O2S2/c1-8(14(20)21)22-23-15-18-2-3-19(15)11-5-9-4-10(16)6-13(17)12(9)7-11/h2-4,6,8,11H,5,7H2,1H3,(H,20,21). The number of hydrogen-bond donors (Lipinski definition) is 1. The van der Waals surface area contributed by atoms with Crippen LogP contribution in [0.1, 0.15) is 24.1 Å². The Hall–Kier alpha value is -1.54. The first-order valence-electron chi connectivity index (χ1n) is 7.01. The first-order valence-corrected chi connectivity index (χ1v) is 9.22. The van der Waals surface area contributed by atoms with E-state index in [-0.39, 0.29) is 6.04 Å². The highest BCUT2D eigenvalue weighted by atomic mass is 33.1. The van der Waals surface area contributed by atoms with E-state index in [0.29, 0.717) is 29.1 Å². The van der Waals surface area contributed by atoms with Gasteiger partial charge in [-0.1, -0.05) is 10.8 Å². The van der Waals surface area contributed by atoms with Gasteiger partial charge in [0.25, 0.3) is 0 Å². The van der Waals surface area contributed by atoms with Gasteiger partial charge in [-0.3, -0.25) is 4.79 Å². The van der Waals surface area contributed by atoms with Gasteiger partial charge >= 0.3 is 5.97 Å². The molecule has 1 aliphatic rings. The number of halogens is 2. The van der Waals surface area contributed by atoms with Gasteiger partial charge in [-0.15, -0.1) is 0 Å². The van der Waals surface area contributed by atoms with Crippen LogP contribution in [0.25, 0.3) is 0 Å². The van der Waals surface area contributed by atoms with Gasteiger partial charge in [0, 0.05) is 24.5 Å². The Bertz CT molecular complexity index is 751. The number of benzene rings is 1. The van der Waals surface area contributed by atoms with Crippen molar-refractivity contribution in [3.63, 3.8) is 0 Å².